The van der Waals surface area contributed by atoms with Crippen LogP contribution in [0.2, 0.25) is 0 Å². The van der Waals surface area contributed by atoms with E-state index < -0.39 is 0 Å². The monoisotopic (exact) mass is 458 g/mol. The third-order valence-corrected chi connectivity index (χ3v) is 6.99. The molecule has 33 heavy (non-hydrogen) atoms. The first kappa shape index (κ1) is 23.6. The lowest BCUT2D eigenvalue weighted by Gasteiger charge is -2.19. The van der Waals surface area contributed by atoms with Gasteiger partial charge in [-0.3, -0.25) is 9.71 Å². The van der Waals surface area contributed by atoms with Crippen LogP contribution in [0.25, 0.3) is 17.2 Å². The van der Waals surface area contributed by atoms with Crippen LogP contribution in [0.5, 0.6) is 5.75 Å². The molecule has 0 radical (unpaired) electrons. The van der Waals surface area contributed by atoms with E-state index in [-0.39, 0.29) is 0 Å². The molecule has 0 aromatic heterocycles. The quantitative estimate of drug-likeness (QED) is 0.461. The van der Waals surface area contributed by atoms with E-state index in [2.05, 4.69) is 73.4 Å². The number of nitrogens with zero attached hydrogens (tertiary/aromatic N) is 1. The highest BCUT2D eigenvalue weighted by atomic mass is 32.2. The summed E-state index contributed by atoms with van der Waals surface area (Å²) in [5.41, 5.74) is 9.81. The number of rotatable bonds is 6. The van der Waals surface area contributed by atoms with E-state index in [1.54, 1.807) is 19.1 Å². The Hall–Kier alpha value is -2.56. The Morgan fingerprint density at radius 3 is 2.73 bits per heavy atom. The number of benzene rings is 2. The number of fused-ring (bicyclic) bond motifs is 1. The van der Waals surface area contributed by atoms with E-state index in [1.165, 1.54) is 51.8 Å². The van der Waals surface area contributed by atoms with Crippen LogP contribution >= 0.6 is 11.9 Å². The molecule has 1 N–H and O–H groups in total. The lowest BCUT2D eigenvalue weighted by molar-refractivity contribution is 0.414. The van der Waals surface area contributed by atoms with E-state index in [1.807, 2.05) is 12.3 Å². The Morgan fingerprint density at radius 1 is 1.06 bits per heavy atom. The van der Waals surface area contributed by atoms with Crippen LogP contribution in [0.15, 0.2) is 65.3 Å². The highest BCUT2D eigenvalue weighted by Crippen LogP contribution is 2.33. The fourth-order valence-corrected chi connectivity index (χ4v) is 5.18. The number of methoxy groups -OCH3 is 1. The highest BCUT2D eigenvalue weighted by molar-refractivity contribution is 7.96. The Labute approximate surface area is 202 Å². The molecular weight excluding hydrogens is 424 g/mol. The predicted octanol–water partition coefficient (Wildman–Crippen LogP) is 7.29. The molecule has 0 spiro atoms. The number of nitrogens with one attached hydrogen (secondary N) is 1. The van der Waals surface area contributed by atoms with Crippen molar-refractivity contribution in [2.45, 2.75) is 39.5 Å². The molecule has 172 valence electrons. The lowest BCUT2D eigenvalue weighted by atomic mass is 9.87. The van der Waals surface area contributed by atoms with Crippen molar-refractivity contribution in [1.82, 2.24) is 4.72 Å². The Morgan fingerprint density at radius 2 is 1.91 bits per heavy atom. The number of hydrogen-bond acceptors (Lipinski definition) is 4. The number of allylic oxidation sites excluding steroid dienone is 4. The molecule has 4 rings (SSSR count). The minimum absolute atomic E-state index is 0.711. The SMILES string of the molecule is COc1cc(C)cc(-c2cc(C)c3c(c2)C(C2=CCCC(CNSC)CC2)=N/C=C/C=C/3)c1. The van der Waals surface area contributed by atoms with Crippen LogP contribution in [-0.4, -0.2) is 25.6 Å². The first-order valence-electron chi connectivity index (χ1n) is 11.8. The number of aliphatic imine (C=N–C) groups is 1. The van der Waals surface area contributed by atoms with Crippen molar-refractivity contribution in [1.29, 1.82) is 0 Å². The van der Waals surface area contributed by atoms with Gasteiger partial charge in [-0.2, -0.15) is 0 Å². The van der Waals surface area contributed by atoms with Gasteiger partial charge >= 0.3 is 0 Å². The normalized spacial score (nSPS) is 19.9. The van der Waals surface area contributed by atoms with Gasteiger partial charge in [-0.25, -0.2) is 0 Å². The molecule has 2 aromatic rings. The summed E-state index contributed by atoms with van der Waals surface area (Å²) in [6, 6.07) is 11.0. The molecule has 1 aliphatic carbocycles. The van der Waals surface area contributed by atoms with Crippen molar-refractivity contribution in [3.8, 4) is 16.9 Å². The van der Waals surface area contributed by atoms with E-state index >= 15 is 0 Å². The second-order valence-corrected chi connectivity index (χ2v) is 9.63. The average molecular weight is 459 g/mol. The van der Waals surface area contributed by atoms with Gasteiger partial charge in [0.25, 0.3) is 0 Å². The Kier molecular flexibility index (Phi) is 7.89. The van der Waals surface area contributed by atoms with E-state index in [0.717, 1.165) is 30.8 Å². The molecule has 2 aliphatic rings. The maximum absolute atomic E-state index is 5.54. The van der Waals surface area contributed by atoms with Crippen molar-refractivity contribution in [2.24, 2.45) is 10.9 Å². The molecule has 0 bridgehead atoms. The van der Waals surface area contributed by atoms with Gasteiger partial charge in [0.05, 0.1) is 12.8 Å². The molecule has 0 fully saturated rings. The maximum atomic E-state index is 5.54. The number of ether oxygens (including phenoxy) is 1. The van der Waals surface area contributed by atoms with Crippen molar-refractivity contribution >= 4 is 23.7 Å². The molecule has 4 heteroatoms. The summed E-state index contributed by atoms with van der Waals surface area (Å²) in [6.45, 7) is 5.40. The highest BCUT2D eigenvalue weighted by Gasteiger charge is 2.20. The Balaban J connectivity index is 1.75. The molecule has 0 amide bonds. The minimum atomic E-state index is 0.711. The zero-order valence-corrected chi connectivity index (χ0v) is 21.0. The van der Waals surface area contributed by atoms with Crippen LogP contribution in [0.4, 0.5) is 0 Å². The standard InChI is InChI=1S/C29H34N2OS/c1-20-14-24(17-26(15-20)32-3)25-16-21(2)27-10-5-6-13-30-29(28(27)18-25)23-9-7-8-22(11-12-23)19-31-33-4/h5-6,9-10,13-18,22,31H,7-8,11-12,19H2,1-4H3/b6-5?,10-5+,13-6+,27-10?,29-28?,30-13?,30-29?. The van der Waals surface area contributed by atoms with Gasteiger partial charge in [-0.15, -0.1) is 0 Å². The third-order valence-electron chi connectivity index (χ3n) is 6.53. The summed E-state index contributed by atoms with van der Waals surface area (Å²) in [7, 11) is 1.73. The molecule has 0 saturated heterocycles. The van der Waals surface area contributed by atoms with Crippen molar-refractivity contribution in [3.63, 3.8) is 0 Å². The third kappa shape index (κ3) is 5.69. The van der Waals surface area contributed by atoms with Crippen molar-refractivity contribution in [3.05, 3.63) is 82.6 Å². The van der Waals surface area contributed by atoms with Gasteiger partial charge in [-0.05, 0) is 109 Å². The first-order valence-corrected chi connectivity index (χ1v) is 13.0. The van der Waals surface area contributed by atoms with Crippen LogP contribution < -0.4 is 9.46 Å². The molecule has 2 aromatic carbocycles. The first-order chi connectivity index (χ1) is 16.1. The zero-order chi connectivity index (χ0) is 23.2. The average Bonchev–Trinajstić information content (AvgIpc) is 3.03. The number of hydrogen-bond donors (Lipinski definition) is 1. The second kappa shape index (κ2) is 11.0. The summed E-state index contributed by atoms with van der Waals surface area (Å²) in [6.07, 6.45) is 17.4. The fourth-order valence-electron chi connectivity index (χ4n) is 4.78. The van der Waals surface area contributed by atoms with Gasteiger partial charge < -0.3 is 4.74 Å². The lowest BCUT2D eigenvalue weighted by Crippen LogP contribution is -2.16. The topological polar surface area (TPSA) is 33.6 Å². The second-order valence-electron chi connectivity index (χ2n) is 8.94. The van der Waals surface area contributed by atoms with Gasteiger partial charge in [-0.1, -0.05) is 42.3 Å². The van der Waals surface area contributed by atoms with Gasteiger partial charge in [0.1, 0.15) is 5.75 Å². The van der Waals surface area contributed by atoms with E-state index in [0.29, 0.717) is 5.92 Å². The van der Waals surface area contributed by atoms with Crippen LogP contribution in [0, 0.1) is 19.8 Å². The van der Waals surface area contributed by atoms with Crippen molar-refractivity contribution < 1.29 is 4.74 Å². The molecule has 1 aliphatic heterocycles. The fraction of sp³-hybridized carbons (Fsp3) is 0.345. The van der Waals surface area contributed by atoms with Crippen LogP contribution in [-0.2, 0) is 0 Å². The van der Waals surface area contributed by atoms with Gasteiger partial charge in [0, 0.05) is 18.3 Å². The van der Waals surface area contributed by atoms with Crippen LogP contribution in [0.1, 0.15) is 47.9 Å². The molecular formula is C29H34N2OS. The maximum Gasteiger partial charge on any atom is 0.119 e. The van der Waals surface area contributed by atoms with Gasteiger partial charge in [0.15, 0.2) is 0 Å². The minimum Gasteiger partial charge on any atom is -0.497 e. The van der Waals surface area contributed by atoms with Crippen LogP contribution in [0.3, 0.4) is 0 Å². The Bertz CT molecular complexity index is 1130. The summed E-state index contributed by atoms with van der Waals surface area (Å²) >= 11 is 1.71. The summed E-state index contributed by atoms with van der Waals surface area (Å²) < 4.78 is 9.00. The summed E-state index contributed by atoms with van der Waals surface area (Å²) in [5.74, 6) is 1.60. The predicted molar refractivity (Wildman–Crippen MR) is 144 cm³/mol. The molecule has 1 unspecified atom stereocenters. The molecule has 1 heterocycles. The smallest absolute Gasteiger partial charge is 0.119 e. The molecule has 1 atom stereocenters. The van der Waals surface area contributed by atoms with Gasteiger partial charge in [0.2, 0.25) is 0 Å². The largest absolute Gasteiger partial charge is 0.497 e. The van der Waals surface area contributed by atoms with Crippen molar-refractivity contribution in [2.75, 3.05) is 19.9 Å². The molecule has 3 nitrogen and oxygen atoms in total. The number of aryl methyl sites for hydroxylation is 2. The van der Waals surface area contributed by atoms with E-state index in [9.17, 15) is 0 Å². The molecule has 0 saturated carbocycles. The zero-order valence-electron chi connectivity index (χ0n) is 20.2. The summed E-state index contributed by atoms with van der Waals surface area (Å²) in [5, 5.41) is 0. The summed E-state index contributed by atoms with van der Waals surface area (Å²) in [4.78, 5) is 4.98. The van der Waals surface area contributed by atoms with E-state index in [4.69, 9.17) is 9.73 Å².